The van der Waals surface area contributed by atoms with Gasteiger partial charge in [-0.1, -0.05) is 66.8 Å². The summed E-state index contributed by atoms with van der Waals surface area (Å²) in [5, 5.41) is 0. The minimum Gasteiger partial charge on any atom is -0.499 e. The Morgan fingerprint density at radius 1 is 1.02 bits per heavy atom. The highest BCUT2D eigenvalue weighted by Crippen LogP contribution is 2.19. The maximum atomic E-state index is 14.0. The summed E-state index contributed by atoms with van der Waals surface area (Å²) in [5.74, 6) is 1.71. The lowest BCUT2D eigenvalue weighted by Gasteiger charge is -2.33. The first kappa shape index (κ1) is 32.7. The molecule has 1 aliphatic rings. The van der Waals surface area contributed by atoms with Crippen molar-refractivity contribution < 1.29 is 23.7 Å². The Hall–Kier alpha value is -3.81. The van der Waals surface area contributed by atoms with E-state index in [9.17, 15) is 4.79 Å². The third-order valence-electron chi connectivity index (χ3n) is 7.04. The van der Waals surface area contributed by atoms with Gasteiger partial charge in [0.25, 0.3) is 5.91 Å². The number of ether oxygens (including phenoxy) is 4. The highest BCUT2D eigenvalue weighted by molar-refractivity contribution is 5.97. The molecule has 1 amide bonds. The Morgan fingerprint density at radius 3 is 2.40 bits per heavy atom. The second-order valence-corrected chi connectivity index (χ2v) is 10.5. The smallest absolute Gasteiger partial charge is 0.254 e. The molecule has 0 spiro atoms. The highest BCUT2D eigenvalue weighted by atomic mass is 16.5. The van der Waals surface area contributed by atoms with Crippen LogP contribution >= 0.6 is 0 Å². The van der Waals surface area contributed by atoms with Gasteiger partial charge in [0.05, 0.1) is 14.2 Å². The second-order valence-electron chi connectivity index (χ2n) is 10.5. The van der Waals surface area contributed by atoms with Crippen LogP contribution in [0.2, 0.25) is 0 Å². The quantitative estimate of drug-likeness (QED) is 0.137. The Balaban J connectivity index is 1.75. The van der Waals surface area contributed by atoms with Crippen molar-refractivity contribution in [1.29, 1.82) is 0 Å². The molecule has 1 heterocycles. The molecule has 7 nitrogen and oxygen atoms in total. The fourth-order valence-corrected chi connectivity index (χ4v) is 4.98. The Kier molecular flexibility index (Phi) is 13.9. The van der Waals surface area contributed by atoms with E-state index in [1.165, 1.54) is 7.11 Å². The van der Waals surface area contributed by atoms with Gasteiger partial charge in [0, 0.05) is 32.3 Å². The van der Waals surface area contributed by atoms with Crippen molar-refractivity contribution in [1.82, 2.24) is 9.80 Å². The molecule has 1 unspecified atom stereocenters. The zero-order valence-electron chi connectivity index (χ0n) is 25.6. The summed E-state index contributed by atoms with van der Waals surface area (Å²) in [6, 6.07) is 20.2. The van der Waals surface area contributed by atoms with Gasteiger partial charge in [-0.2, -0.15) is 0 Å². The third-order valence-corrected chi connectivity index (χ3v) is 7.04. The van der Waals surface area contributed by atoms with Crippen LogP contribution in [0.25, 0.3) is 6.08 Å². The van der Waals surface area contributed by atoms with Crippen molar-refractivity contribution in [2.24, 2.45) is 0 Å². The number of amides is 1. The van der Waals surface area contributed by atoms with Crippen LogP contribution in [-0.2, 0) is 19.0 Å². The van der Waals surface area contributed by atoms with Gasteiger partial charge in [-0.05, 0) is 69.1 Å². The van der Waals surface area contributed by atoms with Crippen LogP contribution in [-0.4, -0.2) is 82.5 Å². The number of hydrogen-bond donors (Lipinski definition) is 0. The number of piperidine rings is 1. The molecule has 0 aromatic heterocycles. The van der Waals surface area contributed by atoms with Crippen LogP contribution in [0.4, 0.5) is 0 Å². The minimum absolute atomic E-state index is 0.122. The lowest BCUT2D eigenvalue weighted by molar-refractivity contribution is -0.126. The molecule has 42 heavy (non-hydrogen) atoms. The first-order valence-corrected chi connectivity index (χ1v) is 14.6. The van der Waals surface area contributed by atoms with Crippen molar-refractivity contribution >= 4 is 12.0 Å². The molecule has 1 atom stereocenters. The largest absolute Gasteiger partial charge is 0.499 e. The van der Waals surface area contributed by atoms with Crippen molar-refractivity contribution in [3.05, 3.63) is 108 Å². The SMILES string of the molecule is C=C(/C=C(\C=C(/COC)OC)C(=O)N(CCCN1CCCC(Oc2ccccc2)C1)C/C(C)=C/c1ccccc1)OC. The summed E-state index contributed by atoms with van der Waals surface area (Å²) < 4.78 is 22.2. The second kappa shape index (κ2) is 17.9. The number of carbonyl (C=O) groups is 1. The monoisotopic (exact) mass is 574 g/mol. The first-order valence-electron chi connectivity index (χ1n) is 14.6. The van der Waals surface area contributed by atoms with E-state index in [0.29, 0.717) is 30.2 Å². The molecule has 2 aromatic rings. The molecule has 2 aromatic carbocycles. The van der Waals surface area contributed by atoms with Gasteiger partial charge in [-0.25, -0.2) is 0 Å². The molecule has 0 N–H and O–H groups in total. The number of carbonyl (C=O) groups excluding carboxylic acids is 1. The van der Waals surface area contributed by atoms with Gasteiger partial charge < -0.3 is 23.8 Å². The van der Waals surface area contributed by atoms with E-state index in [1.807, 2.05) is 53.4 Å². The number of rotatable bonds is 16. The molecule has 7 heteroatoms. The van der Waals surface area contributed by atoms with Gasteiger partial charge in [-0.3, -0.25) is 9.69 Å². The lowest BCUT2D eigenvalue weighted by Crippen LogP contribution is -2.42. The lowest BCUT2D eigenvalue weighted by atomic mass is 10.1. The number of hydrogen-bond acceptors (Lipinski definition) is 6. The zero-order valence-corrected chi connectivity index (χ0v) is 25.6. The Morgan fingerprint density at radius 2 is 1.74 bits per heavy atom. The van der Waals surface area contributed by atoms with E-state index in [-0.39, 0.29) is 18.6 Å². The fourth-order valence-electron chi connectivity index (χ4n) is 4.98. The van der Waals surface area contributed by atoms with Crippen LogP contribution in [0.15, 0.2) is 102 Å². The number of benzene rings is 2. The molecule has 3 rings (SSSR count). The van der Waals surface area contributed by atoms with E-state index in [1.54, 1.807) is 26.4 Å². The van der Waals surface area contributed by atoms with Gasteiger partial charge in [-0.15, -0.1) is 0 Å². The Labute approximate surface area is 251 Å². The van der Waals surface area contributed by atoms with Crippen LogP contribution in [0, 0.1) is 0 Å². The van der Waals surface area contributed by atoms with E-state index in [0.717, 1.165) is 55.8 Å². The average molecular weight is 575 g/mol. The highest BCUT2D eigenvalue weighted by Gasteiger charge is 2.23. The van der Waals surface area contributed by atoms with E-state index >= 15 is 0 Å². The number of likely N-dealkylation sites (tertiary alicyclic amines) is 1. The maximum Gasteiger partial charge on any atom is 0.254 e. The molecule has 1 saturated heterocycles. The zero-order chi connectivity index (χ0) is 30.2. The molecule has 0 radical (unpaired) electrons. The number of allylic oxidation sites excluding steroid dienone is 1. The number of para-hydroxylation sites is 1. The van der Waals surface area contributed by atoms with Gasteiger partial charge in [0.2, 0.25) is 0 Å². The predicted molar refractivity (Wildman–Crippen MR) is 169 cm³/mol. The van der Waals surface area contributed by atoms with E-state index in [2.05, 4.69) is 36.6 Å². The predicted octanol–water partition coefficient (Wildman–Crippen LogP) is 6.12. The van der Waals surface area contributed by atoms with Crippen molar-refractivity contribution in [3.63, 3.8) is 0 Å². The van der Waals surface area contributed by atoms with Crippen molar-refractivity contribution in [3.8, 4) is 5.75 Å². The maximum absolute atomic E-state index is 14.0. The standard InChI is InChI=1S/C35H46N2O5/c1-28(22-30-14-8-6-9-15-30)25-37(35(38)31(23-29(2)40-4)24-34(41-5)27-39-3)21-13-20-36-19-12-18-33(26-36)42-32-16-10-7-11-17-32/h6-11,14-17,22-24,33H,2,12-13,18-21,25-27H2,1,3-5H3/b28-22+,31-23+,34-24+. The summed E-state index contributed by atoms with van der Waals surface area (Å²) >= 11 is 0. The molecule has 1 aliphatic heterocycles. The van der Waals surface area contributed by atoms with E-state index in [4.69, 9.17) is 18.9 Å². The van der Waals surface area contributed by atoms with Gasteiger partial charge in [0.1, 0.15) is 30.0 Å². The fraction of sp³-hybridized carbons (Fsp3) is 0.400. The first-order chi connectivity index (χ1) is 20.4. The van der Waals surface area contributed by atoms with Crippen LogP contribution in [0.5, 0.6) is 5.75 Å². The molecule has 0 saturated carbocycles. The minimum atomic E-state index is -0.122. The van der Waals surface area contributed by atoms with E-state index < -0.39 is 0 Å². The molecule has 226 valence electrons. The molecule has 0 bridgehead atoms. The Bertz CT molecular complexity index is 1210. The number of methoxy groups -OCH3 is 3. The normalized spacial score (nSPS) is 16.6. The molecular formula is C35H46N2O5. The van der Waals surface area contributed by atoms with Crippen LogP contribution in [0.3, 0.4) is 0 Å². The summed E-state index contributed by atoms with van der Waals surface area (Å²) in [6.07, 6.45) is 8.62. The summed E-state index contributed by atoms with van der Waals surface area (Å²) in [6.45, 7) is 10.1. The number of nitrogens with zero attached hydrogens (tertiary/aromatic N) is 2. The van der Waals surface area contributed by atoms with Crippen LogP contribution < -0.4 is 4.74 Å². The molecular weight excluding hydrogens is 528 g/mol. The average Bonchev–Trinajstić information content (AvgIpc) is 3.00. The summed E-state index contributed by atoms with van der Waals surface area (Å²) in [4.78, 5) is 18.4. The van der Waals surface area contributed by atoms with Gasteiger partial charge >= 0.3 is 0 Å². The molecule has 0 aliphatic carbocycles. The topological polar surface area (TPSA) is 60.5 Å². The molecule has 1 fully saturated rings. The van der Waals surface area contributed by atoms with Crippen LogP contribution in [0.1, 0.15) is 31.7 Å². The van der Waals surface area contributed by atoms with Crippen molar-refractivity contribution in [2.75, 3.05) is 60.7 Å². The third kappa shape index (κ3) is 11.2. The van der Waals surface area contributed by atoms with Gasteiger partial charge in [0.15, 0.2) is 0 Å². The van der Waals surface area contributed by atoms with Crippen molar-refractivity contribution in [2.45, 2.75) is 32.3 Å². The summed E-state index contributed by atoms with van der Waals surface area (Å²) in [7, 11) is 4.69. The summed E-state index contributed by atoms with van der Waals surface area (Å²) in [5.41, 5.74) is 2.62.